The Labute approximate surface area is 335 Å². The largest absolute Gasteiger partial charge is 0.248 e. The van der Waals surface area contributed by atoms with E-state index in [9.17, 15) is 0 Å². The highest BCUT2D eigenvalue weighted by atomic mass is 15.0. The smallest absolute Gasteiger partial charge is 0.164 e. The SMILES string of the molecule is c1ccc(-c2cc(-c3ccc(-c4ccc(-c5nc(-c6cccc7ccccc67)nc(-c6cccc7ccccc67)n5)cc4)cc3)nc3ccc4ccccc4c23)cc1. The van der Waals surface area contributed by atoms with Crippen LogP contribution in [0.1, 0.15) is 0 Å². The molecular weight excluding hydrogens is 705 g/mol. The van der Waals surface area contributed by atoms with Gasteiger partial charge in [0.2, 0.25) is 0 Å². The van der Waals surface area contributed by atoms with Crippen LogP contribution in [-0.4, -0.2) is 19.9 Å². The highest BCUT2D eigenvalue weighted by molar-refractivity contribution is 6.13. The number of pyridine rings is 1. The molecule has 0 amide bonds. The molecule has 0 saturated heterocycles. The first-order valence-corrected chi connectivity index (χ1v) is 19.6. The lowest BCUT2D eigenvalue weighted by Crippen LogP contribution is -2.01. The highest BCUT2D eigenvalue weighted by Crippen LogP contribution is 2.38. The zero-order valence-electron chi connectivity index (χ0n) is 31.4. The number of nitrogens with zero attached hydrogens (tertiary/aromatic N) is 4. The van der Waals surface area contributed by atoms with Gasteiger partial charge in [0, 0.05) is 27.6 Å². The Bertz CT molecular complexity index is 3210. The molecule has 0 unspecified atom stereocenters. The molecule has 0 aliphatic heterocycles. The third-order valence-electron chi connectivity index (χ3n) is 11.1. The van der Waals surface area contributed by atoms with Gasteiger partial charge >= 0.3 is 0 Å². The normalized spacial score (nSPS) is 11.4. The minimum Gasteiger partial charge on any atom is -0.248 e. The van der Waals surface area contributed by atoms with Crippen molar-refractivity contribution in [2.75, 3.05) is 0 Å². The van der Waals surface area contributed by atoms with Crippen molar-refractivity contribution in [3.05, 3.63) is 206 Å². The van der Waals surface area contributed by atoms with Crippen molar-refractivity contribution in [2.24, 2.45) is 0 Å². The van der Waals surface area contributed by atoms with Crippen molar-refractivity contribution >= 4 is 43.2 Å². The maximum absolute atomic E-state index is 5.20. The predicted molar refractivity (Wildman–Crippen MR) is 240 cm³/mol. The first-order valence-electron chi connectivity index (χ1n) is 19.6. The Morgan fingerprint density at radius 2 is 0.724 bits per heavy atom. The topological polar surface area (TPSA) is 51.6 Å². The summed E-state index contributed by atoms with van der Waals surface area (Å²) in [7, 11) is 0. The molecule has 0 bridgehead atoms. The first-order chi connectivity index (χ1) is 28.7. The van der Waals surface area contributed by atoms with Crippen LogP contribution in [0.15, 0.2) is 206 Å². The van der Waals surface area contributed by atoms with Gasteiger partial charge in [-0.2, -0.15) is 0 Å². The van der Waals surface area contributed by atoms with E-state index in [1.807, 2.05) is 0 Å². The lowest BCUT2D eigenvalue weighted by molar-refractivity contribution is 1.08. The summed E-state index contributed by atoms with van der Waals surface area (Å²) >= 11 is 0. The summed E-state index contributed by atoms with van der Waals surface area (Å²) in [5.41, 5.74) is 10.5. The van der Waals surface area contributed by atoms with Crippen molar-refractivity contribution in [3.8, 4) is 67.7 Å². The fourth-order valence-corrected chi connectivity index (χ4v) is 8.23. The van der Waals surface area contributed by atoms with Gasteiger partial charge < -0.3 is 0 Å². The van der Waals surface area contributed by atoms with Gasteiger partial charge in [-0.05, 0) is 66.7 Å². The van der Waals surface area contributed by atoms with E-state index in [4.69, 9.17) is 19.9 Å². The van der Waals surface area contributed by atoms with Gasteiger partial charge in [-0.15, -0.1) is 0 Å². The molecule has 4 heteroatoms. The Balaban J connectivity index is 0.969. The van der Waals surface area contributed by atoms with E-state index in [-0.39, 0.29) is 0 Å². The molecule has 0 N–H and O–H groups in total. The van der Waals surface area contributed by atoms with Gasteiger partial charge in [-0.1, -0.05) is 194 Å². The number of aromatic nitrogens is 4. The molecule has 2 heterocycles. The average molecular weight is 739 g/mol. The van der Waals surface area contributed by atoms with Crippen LogP contribution in [-0.2, 0) is 0 Å². The van der Waals surface area contributed by atoms with Crippen molar-refractivity contribution in [3.63, 3.8) is 0 Å². The zero-order valence-corrected chi connectivity index (χ0v) is 31.4. The number of fused-ring (bicyclic) bond motifs is 5. The molecule has 0 saturated carbocycles. The predicted octanol–water partition coefficient (Wildman–Crippen LogP) is 13.9. The minimum absolute atomic E-state index is 0.632. The molecule has 0 radical (unpaired) electrons. The highest BCUT2D eigenvalue weighted by Gasteiger charge is 2.17. The van der Waals surface area contributed by atoms with E-state index in [1.54, 1.807) is 0 Å². The summed E-state index contributed by atoms with van der Waals surface area (Å²) in [5.74, 6) is 1.93. The third-order valence-corrected chi connectivity index (χ3v) is 11.1. The Hall–Kier alpha value is -7.82. The molecule has 11 aromatic rings. The standard InChI is InChI=1S/C54H34N4/c1-2-12-39(13-3-1)48-34-50(55-49-33-32-40-16-6-9-21-45(40)51(48)49)41-28-24-35(25-29-41)36-26-30-42(31-27-36)52-56-53(46-22-10-17-37-14-4-7-19-43(37)46)58-54(57-52)47-23-11-18-38-15-5-8-20-44(38)47/h1-34H. The van der Waals surface area contributed by atoms with E-state index in [2.05, 4.69) is 206 Å². The lowest BCUT2D eigenvalue weighted by atomic mass is 9.94. The van der Waals surface area contributed by atoms with E-state index >= 15 is 0 Å². The quantitative estimate of drug-likeness (QED) is 0.159. The van der Waals surface area contributed by atoms with Crippen LogP contribution in [0, 0.1) is 0 Å². The Morgan fingerprint density at radius 3 is 1.33 bits per heavy atom. The first kappa shape index (κ1) is 33.5. The van der Waals surface area contributed by atoms with Crippen LogP contribution in [0.4, 0.5) is 0 Å². The van der Waals surface area contributed by atoms with Crippen molar-refractivity contribution in [1.82, 2.24) is 19.9 Å². The molecule has 2 aromatic heterocycles. The maximum atomic E-state index is 5.20. The molecular formula is C54H34N4. The molecule has 4 nitrogen and oxygen atoms in total. The minimum atomic E-state index is 0.632. The van der Waals surface area contributed by atoms with E-state index < -0.39 is 0 Å². The van der Waals surface area contributed by atoms with Gasteiger partial charge in [-0.3, -0.25) is 0 Å². The van der Waals surface area contributed by atoms with Gasteiger partial charge in [-0.25, -0.2) is 19.9 Å². The van der Waals surface area contributed by atoms with Gasteiger partial charge in [0.05, 0.1) is 11.2 Å². The fraction of sp³-hybridized carbons (Fsp3) is 0. The van der Waals surface area contributed by atoms with Gasteiger partial charge in [0.25, 0.3) is 0 Å². The molecule has 11 rings (SSSR count). The second kappa shape index (κ2) is 14.0. The number of hydrogen-bond acceptors (Lipinski definition) is 4. The molecule has 0 spiro atoms. The Kier molecular flexibility index (Phi) is 8.11. The Morgan fingerprint density at radius 1 is 0.259 bits per heavy atom. The van der Waals surface area contributed by atoms with Crippen LogP contribution in [0.5, 0.6) is 0 Å². The molecule has 270 valence electrons. The van der Waals surface area contributed by atoms with Crippen LogP contribution < -0.4 is 0 Å². The van der Waals surface area contributed by atoms with E-state index in [0.29, 0.717) is 17.5 Å². The molecule has 0 aliphatic rings. The molecule has 0 fully saturated rings. The maximum Gasteiger partial charge on any atom is 0.164 e. The van der Waals surface area contributed by atoms with Crippen LogP contribution in [0.2, 0.25) is 0 Å². The fourth-order valence-electron chi connectivity index (χ4n) is 8.23. The molecule has 9 aromatic carbocycles. The summed E-state index contributed by atoms with van der Waals surface area (Å²) < 4.78 is 0. The van der Waals surface area contributed by atoms with E-state index in [1.165, 1.54) is 27.3 Å². The second-order valence-electron chi connectivity index (χ2n) is 14.6. The number of rotatable bonds is 6. The van der Waals surface area contributed by atoms with Crippen LogP contribution in [0.3, 0.4) is 0 Å². The van der Waals surface area contributed by atoms with Crippen LogP contribution in [0.25, 0.3) is 111 Å². The van der Waals surface area contributed by atoms with Gasteiger partial charge in [0.1, 0.15) is 0 Å². The summed E-state index contributed by atoms with van der Waals surface area (Å²) in [5, 5.41) is 8.10. The molecule has 58 heavy (non-hydrogen) atoms. The lowest BCUT2D eigenvalue weighted by Gasteiger charge is -2.13. The van der Waals surface area contributed by atoms with E-state index in [0.717, 1.165) is 66.1 Å². The number of benzene rings is 9. The van der Waals surface area contributed by atoms with Crippen molar-refractivity contribution < 1.29 is 0 Å². The third kappa shape index (κ3) is 5.96. The zero-order chi connectivity index (χ0) is 38.4. The van der Waals surface area contributed by atoms with Crippen molar-refractivity contribution in [1.29, 1.82) is 0 Å². The van der Waals surface area contributed by atoms with Gasteiger partial charge in [0.15, 0.2) is 17.5 Å². The summed E-state index contributed by atoms with van der Waals surface area (Å²) in [6.07, 6.45) is 0. The number of hydrogen-bond donors (Lipinski definition) is 0. The van der Waals surface area contributed by atoms with Crippen LogP contribution >= 0.6 is 0 Å². The monoisotopic (exact) mass is 738 g/mol. The average Bonchev–Trinajstić information content (AvgIpc) is 3.31. The van der Waals surface area contributed by atoms with Crippen molar-refractivity contribution in [2.45, 2.75) is 0 Å². The summed E-state index contributed by atoms with van der Waals surface area (Å²) in [6, 6.07) is 72.3. The summed E-state index contributed by atoms with van der Waals surface area (Å²) in [6.45, 7) is 0. The molecule has 0 atom stereocenters. The summed E-state index contributed by atoms with van der Waals surface area (Å²) in [4.78, 5) is 20.6. The molecule has 0 aliphatic carbocycles. The second-order valence-corrected chi connectivity index (χ2v) is 14.6.